The second kappa shape index (κ2) is 5.27. The number of nitrogens with zero attached hydrogens (tertiary/aromatic N) is 4. The van der Waals surface area contributed by atoms with Crippen molar-refractivity contribution in [2.24, 2.45) is 0 Å². The van der Waals surface area contributed by atoms with Gasteiger partial charge >= 0.3 is 6.09 Å². The van der Waals surface area contributed by atoms with Crippen LogP contribution < -0.4 is 4.90 Å². The molecule has 2 heterocycles. The van der Waals surface area contributed by atoms with Gasteiger partial charge in [0.2, 0.25) is 0 Å². The third-order valence-electron chi connectivity index (χ3n) is 2.87. The fourth-order valence-electron chi connectivity index (χ4n) is 1.86. The molecule has 1 saturated heterocycles. The highest BCUT2D eigenvalue weighted by Gasteiger charge is 2.23. The molecule has 1 amide bonds. The van der Waals surface area contributed by atoms with Gasteiger partial charge in [-0.1, -0.05) is 11.6 Å². The first-order valence-electron chi connectivity index (χ1n) is 5.52. The Labute approximate surface area is 113 Å². The lowest BCUT2D eigenvalue weighted by molar-refractivity contribution is -0.385. The van der Waals surface area contributed by atoms with Crippen LogP contribution in [0.25, 0.3) is 0 Å². The van der Waals surface area contributed by atoms with Crippen LogP contribution in [0.4, 0.5) is 16.3 Å². The molecule has 8 nitrogen and oxygen atoms in total. The monoisotopic (exact) mass is 286 g/mol. The molecule has 1 aromatic heterocycles. The Morgan fingerprint density at radius 3 is 2.53 bits per heavy atom. The van der Waals surface area contributed by atoms with E-state index < -0.39 is 11.0 Å². The first-order valence-corrected chi connectivity index (χ1v) is 5.89. The predicted octanol–water partition coefficient (Wildman–Crippen LogP) is 1.44. The molecule has 0 saturated carbocycles. The maximum absolute atomic E-state index is 10.8. The van der Waals surface area contributed by atoms with Gasteiger partial charge in [-0.2, -0.15) is 0 Å². The molecule has 9 heteroatoms. The van der Waals surface area contributed by atoms with E-state index in [0.29, 0.717) is 32.0 Å². The van der Waals surface area contributed by atoms with Crippen LogP contribution in [0.3, 0.4) is 0 Å². The molecule has 0 aromatic carbocycles. The van der Waals surface area contributed by atoms with Gasteiger partial charge in [-0.25, -0.2) is 9.78 Å². The number of amides is 1. The molecule has 1 aliphatic rings. The van der Waals surface area contributed by atoms with Gasteiger partial charge in [-0.15, -0.1) is 0 Å². The van der Waals surface area contributed by atoms with Gasteiger partial charge in [-0.05, 0) is 0 Å². The fourth-order valence-corrected chi connectivity index (χ4v) is 2.14. The Morgan fingerprint density at radius 2 is 2.05 bits per heavy atom. The van der Waals surface area contributed by atoms with Gasteiger partial charge < -0.3 is 14.9 Å². The van der Waals surface area contributed by atoms with Crippen LogP contribution in [-0.4, -0.2) is 52.2 Å². The van der Waals surface area contributed by atoms with Crippen LogP contribution >= 0.6 is 11.6 Å². The zero-order valence-corrected chi connectivity index (χ0v) is 10.6. The van der Waals surface area contributed by atoms with Gasteiger partial charge in [0.15, 0.2) is 0 Å². The van der Waals surface area contributed by atoms with Crippen LogP contribution in [0.2, 0.25) is 5.02 Å². The molecule has 0 radical (unpaired) electrons. The van der Waals surface area contributed by atoms with Crippen molar-refractivity contribution in [2.75, 3.05) is 31.1 Å². The summed E-state index contributed by atoms with van der Waals surface area (Å²) in [7, 11) is 0. The number of anilines is 1. The summed E-state index contributed by atoms with van der Waals surface area (Å²) in [6, 6.07) is 1.24. The van der Waals surface area contributed by atoms with Gasteiger partial charge in [0.1, 0.15) is 12.0 Å². The van der Waals surface area contributed by atoms with Crippen molar-refractivity contribution in [1.29, 1.82) is 0 Å². The molecule has 102 valence electrons. The Morgan fingerprint density at radius 1 is 1.42 bits per heavy atom. The Bertz CT molecular complexity index is 516. The SMILES string of the molecule is O=C(O)N1CCN(c2ncc([N+](=O)[O-])cc2Cl)CC1. The Hall–Kier alpha value is -2.09. The minimum Gasteiger partial charge on any atom is -0.465 e. The van der Waals surface area contributed by atoms with Crippen molar-refractivity contribution in [3.63, 3.8) is 0 Å². The van der Waals surface area contributed by atoms with E-state index in [1.54, 1.807) is 0 Å². The van der Waals surface area contributed by atoms with Crippen molar-refractivity contribution < 1.29 is 14.8 Å². The number of aromatic nitrogens is 1. The highest BCUT2D eigenvalue weighted by Crippen LogP contribution is 2.27. The van der Waals surface area contributed by atoms with E-state index >= 15 is 0 Å². The predicted molar refractivity (Wildman–Crippen MR) is 67.7 cm³/mol. The average molecular weight is 287 g/mol. The third kappa shape index (κ3) is 2.84. The molecule has 0 spiro atoms. The summed E-state index contributed by atoms with van der Waals surface area (Å²) >= 11 is 5.97. The number of halogens is 1. The first kappa shape index (κ1) is 13.3. The van der Waals surface area contributed by atoms with Crippen molar-refractivity contribution in [3.05, 3.63) is 27.4 Å². The van der Waals surface area contributed by atoms with Gasteiger partial charge in [0.25, 0.3) is 5.69 Å². The summed E-state index contributed by atoms with van der Waals surface area (Å²) in [6.45, 7) is 1.61. The molecule has 0 atom stereocenters. The quantitative estimate of drug-likeness (QED) is 0.652. The number of carbonyl (C=O) groups is 1. The maximum Gasteiger partial charge on any atom is 0.407 e. The zero-order chi connectivity index (χ0) is 14.0. The number of hydrogen-bond donors (Lipinski definition) is 1. The van der Waals surface area contributed by atoms with E-state index in [0.717, 1.165) is 6.20 Å². The lowest BCUT2D eigenvalue weighted by Crippen LogP contribution is -2.48. The maximum atomic E-state index is 10.8. The summed E-state index contributed by atoms with van der Waals surface area (Å²) in [5.74, 6) is 0.442. The minimum absolute atomic E-state index is 0.169. The van der Waals surface area contributed by atoms with Crippen LogP contribution in [0, 0.1) is 10.1 Å². The van der Waals surface area contributed by atoms with E-state index in [-0.39, 0.29) is 10.7 Å². The summed E-state index contributed by atoms with van der Waals surface area (Å²) in [5, 5.41) is 19.6. The average Bonchev–Trinajstić information content (AvgIpc) is 2.38. The summed E-state index contributed by atoms with van der Waals surface area (Å²) < 4.78 is 0. The fraction of sp³-hybridized carbons (Fsp3) is 0.400. The van der Waals surface area contributed by atoms with E-state index in [9.17, 15) is 14.9 Å². The normalized spacial score (nSPS) is 15.4. The number of pyridine rings is 1. The molecule has 0 unspecified atom stereocenters. The van der Waals surface area contributed by atoms with E-state index in [1.165, 1.54) is 11.0 Å². The Balaban J connectivity index is 2.11. The highest BCUT2D eigenvalue weighted by atomic mass is 35.5. The molecule has 1 fully saturated rings. The van der Waals surface area contributed by atoms with Crippen molar-refractivity contribution in [3.8, 4) is 0 Å². The number of nitro groups is 1. The largest absolute Gasteiger partial charge is 0.465 e. The van der Waals surface area contributed by atoms with E-state index in [1.807, 2.05) is 4.90 Å². The van der Waals surface area contributed by atoms with Crippen LogP contribution in [-0.2, 0) is 0 Å². The second-order valence-corrected chi connectivity index (χ2v) is 4.42. The van der Waals surface area contributed by atoms with Crippen molar-refractivity contribution >= 4 is 29.2 Å². The van der Waals surface area contributed by atoms with Crippen molar-refractivity contribution in [1.82, 2.24) is 9.88 Å². The molecular formula is C10H11ClN4O4. The first-order chi connectivity index (χ1) is 8.99. The lowest BCUT2D eigenvalue weighted by Gasteiger charge is -2.34. The van der Waals surface area contributed by atoms with Gasteiger partial charge in [0.05, 0.1) is 9.95 Å². The summed E-state index contributed by atoms with van der Waals surface area (Å²) in [4.78, 5) is 27.9. The summed E-state index contributed by atoms with van der Waals surface area (Å²) in [6.07, 6.45) is 0.188. The molecular weight excluding hydrogens is 276 g/mol. The smallest absolute Gasteiger partial charge is 0.407 e. The summed E-state index contributed by atoms with van der Waals surface area (Å²) in [5.41, 5.74) is -0.169. The molecule has 0 aliphatic carbocycles. The van der Waals surface area contributed by atoms with Gasteiger partial charge in [-0.3, -0.25) is 10.1 Å². The second-order valence-electron chi connectivity index (χ2n) is 4.01. The topological polar surface area (TPSA) is 99.8 Å². The van der Waals surface area contributed by atoms with E-state index in [4.69, 9.17) is 16.7 Å². The molecule has 1 aromatic rings. The van der Waals surface area contributed by atoms with Crippen molar-refractivity contribution in [2.45, 2.75) is 0 Å². The lowest BCUT2D eigenvalue weighted by atomic mass is 10.3. The van der Waals surface area contributed by atoms with Crippen LogP contribution in [0.5, 0.6) is 0 Å². The molecule has 0 bridgehead atoms. The number of hydrogen-bond acceptors (Lipinski definition) is 5. The number of carboxylic acid groups (broad SMARTS) is 1. The van der Waals surface area contributed by atoms with Crippen LogP contribution in [0.1, 0.15) is 0 Å². The zero-order valence-electron chi connectivity index (χ0n) is 9.82. The third-order valence-corrected chi connectivity index (χ3v) is 3.15. The van der Waals surface area contributed by atoms with Crippen LogP contribution in [0.15, 0.2) is 12.3 Å². The molecule has 2 rings (SSSR count). The number of rotatable bonds is 2. The van der Waals surface area contributed by atoms with Gasteiger partial charge in [0, 0.05) is 32.2 Å². The Kier molecular flexibility index (Phi) is 3.70. The van der Waals surface area contributed by atoms with E-state index in [2.05, 4.69) is 4.98 Å². The minimum atomic E-state index is -0.956. The molecule has 1 aliphatic heterocycles. The molecule has 19 heavy (non-hydrogen) atoms. The highest BCUT2D eigenvalue weighted by molar-refractivity contribution is 6.33. The standard InChI is InChI=1S/C10H11ClN4O4/c11-8-5-7(15(18)19)6-12-9(8)13-1-3-14(4-2-13)10(16)17/h5-6H,1-4H2,(H,16,17). The molecule has 1 N–H and O–H groups in total. The number of piperazine rings is 1.